The Morgan fingerprint density at radius 2 is 1.69 bits per heavy atom. The number of aromatic nitrogens is 1. The Morgan fingerprint density at radius 1 is 1.00 bits per heavy atom. The van der Waals surface area contributed by atoms with E-state index in [4.69, 9.17) is 14.2 Å². The maximum atomic E-state index is 13.5. The minimum absolute atomic E-state index is 0.0447. The minimum atomic E-state index is -1.14. The molecule has 0 unspecified atom stereocenters. The van der Waals surface area contributed by atoms with E-state index in [1.165, 1.54) is 15.9 Å². The molecule has 2 aliphatic rings. The van der Waals surface area contributed by atoms with E-state index in [-0.39, 0.29) is 75.7 Å². The molecule has 2 aromatic rings. The summed E-state index contributed by atoms with van der Waals surface area (Å²) in [6.07, 6.45) is 0.668. The van der Waals surface area contributed by atoms with Gasteiger partial charge < -0.3 is 39.3 Å². The van der Waals surface area contributed by atoms with Gasteiger partial charge in [0.1, 0.15) is 17.5 Å². The normalized spacial score (nSPS) is 16.3. The number of benzene rings is 1. The summed E-state index contributed by atoms with van der Waals surface area (Å²) >= 11 is 0. The third kappa shape index (κ3) is 8.81. The molecule has 0 spiro atoms. The molecule has 0 saturated carbocycles. The number of nitrogens with one attached hydrogen (secondary N) is 1. The SMILES string of the molecule is CCOC(=O)N1CCN(C(=O)[C@H](CCC(=O)O)NC(=O)c2cc(OCC(=O)N3CCC(OC)CC3)c3ccc(C)cc3n2)CC1. The lowest BCUT2D eigenvalue weighted by Gasteiger charge is -2.35. The van der Waals surface area contributed by atoms with Gasteiger partial charge in [-0.05, 0) is 50.8 Å². The molecule has 3 heterocycles. The number of piperazine rings is 1. The first-order valence-corrected chi connectivity index (χ1v) is 15.2. The molecule has 2 aliphatic heterocycles. The quantitative estimate of drug-likeness (QED) is 0.375. The minimum Gasteiger partial charge on any atom is -0.483 e. The number of rotatable bonds is 11. The molecule has 1 aromatic carbocycles. The highest BCUT2D eigenvalue weighted by molar-refractivity contribution is 5.99. The number of methoxy groups -OCH3 is 1. The molecule has 0 bridgehead atoms. The lowest BCUT2D eigenvalue weighted by Crippen LogP contribution is -2.56. The van der Waals surface area contributed by atoms with Gasteiger partial charge in [-0.2, -0.15) is 0 Å². The number of likely N-dealkylation sites (tertiary alicyclic amines) is 1. The van der Waals surface area contributed by atoms with Crippen molar-refractivity contribution in [3.63, 3.8) is 0 Å². The molecule has 2 N–H and O–H groups in total. The number of carbonyl (C=O) groups is 5. The van der Waals surface area contributed by atoms with E-state index in [0.717, 1.165) is 18.4 Å². The van der Waals surface area contributed by atoms with Gasteiger partial charge in [0.15, 0.2) is 6.61 Å². The first-order chi connectivity index (χ1) is 21.6. The number of aryl methyl sites for hydroxylation is 1. The van der Waals surface area contributed by atoms with Gasteiger partial charge in [-0.25, -0.2) is 9.78 Å². The zero-order chi connectivity index (χ0) is 32.5. The molecule has 2 fully saturated rings. The lowest BCUT2D eigenvalue weighted by molar-refractivity contribution is -0.138. The second-order valence-corrected chi connectivity index (χ2v) is 11.1. The van der Waals surface area contributed by atoms with Gasteiger partial charge in [-0.1, -0.05) is 6.07 Å². The molecule has 4 amide bonds. The van der Waals surface area contributed by atoms with Gasteiger partial charge in [0.05, 0.1) is 18.2 Å². The average Bonchev–Trinajstić information content (AvgIpc) is 3.04. The zero-order valence-electron chi connectivity index (χ0n) is 26.0. The van der Waals surface area contributed by atoms with Crippen LogP contribution in [0.15, 0.2) is 24.3 Å². The van der Waals surface area contributed by atoms with Crippen molar-refractivity contribution in [3.05, 3.63) is 35.5 Å². The number of carboxylic acids is 1. The van der Waals surface area contributed by atoms with Crippen molar-refractivity contribution >= 4 is 40.7 Å². The average molecular weight is 628 g/mol. The Bertz CT molecular complexity index is 1400. The number of nitrogens with zero attached hydrogens (tertiary/aromatic N) is 4. The van der Waals surface area contributed by atoms with Gasteiger partial charge in [0.25, 0.3) is 11.8 Å². The van der Waals surface area contributed by atoms with Crippen LogP contribution in [0.3, 0.4) is 0 Å². The summed E-state index contributed by atoms with van der Waals surface area (Å²) in [7, 11) is 1.66. The standard InChI is InChI=1S/C31H41N5O9/c1-4-44-31(42)36-15-13-35(14-16-36)30(41)23(7-8-28(38)39)33-29(40)25-18-26(22-6-5-20(2)17-24(22)32-25)45-19-27(37)34-11-9-21(43-3)10-12-34/h5-6,17-18,21,23H,4,7-16,19H2,1-3H3,(H,33,40)(H,38,39)/t23-/m0/s1. The highest BCUT2D eigenvalue weighted by Gasteiger charge is 2.31. The molecule has 0 radical (unpaired) electrons. The van der Waals surface area contributed by atoms with E-state index in [9.17, 15) is 29.1 Å². The molecular formula is C31H41N5O9. The number of hydrogen-bond donors (Lipinski definition) is 2. The van der Waals surface area contributed by atoms with E-state index in [0.29, 0.717) is 24.0 Å². The maximum Gasteiger partial charge on any atom is 0.409 e. The molecule has 244 valence electrons. The first-order valence-electron chi connectivity index (χ1n) is 15.2. The summed E-state index contributed by atoms with van der Waals surface area (Å²) in [5.41, 5.74) is 1.32. The van der Waals surface area contributed by atoms with E-state index >= 15 is 0 Å². The highest BCUT2D eigenvalue weighted by Crippen LogP contribution is 2.27. The fraction of sp³-hybridized carbons (Fsp3) is 0.548. The van der Waals surface area contributed by atoms with Gasteiger partial charge in [0.2, 0.25) is 5.91 Å². The van der Waals surface area contributed by atoms with E-state index in [2.05, 4.69) is 10.3 Å². The second-order valence-electron chi connectivity index (χ2n) is 11.1. The molecule has 4 rings (SSSR count). The van der Waals surface area contributed by atoms with Gasteiger partial charge >= 0.3 is 12.1 Å². The fourth-order valence-corrected chi connectivity index (χ4v) is 5.42. The van der Waals surface area contributed by atoms with E-state index in [1.807, 2.05) is 13.0 Å². The Balaban J connectivity index is 1.49. The van der Waals surface area contributed by atoms with Crippen LogP contribution in [0.5, 0.6) is 5.75 Å². The predicted octanol–water partition coefficient (Wildman–Crippen LogP) is 1.82. The number of fused-ring (bicyclic) bond motifs is 1. The van der Waals surface area contributed by atoms with Crippen LogP contribution in [0.25, 0.3) is 10.9 Å². The summed E-state index contributed by atoms with van der Waals surface area (Å²) in [5.74, 6) is -2.15. The molecule has 1 atom stereocenters. The Hall–Kier alpha value is -4.46. The van der Waals surface area contributed by atoms with Crippen molar-refractivity contribution in [1.82, 2.24) is 25.0 Å². The molecule has 2 saturated heterocycles. The zero-order valence-corrected chi connectivity index (χ0v) is 26.0. The van der Waals surface area contributed by atoms with Crippen LogP contribution in [0.4, 0.5) is 4.79 Å². The topological polar surface area (TPSA) is 168 Å². The van der Waals surface area contributed by atoms with Crippen molar-refractivity contribution in [2.45, 2.75) is 51.7 Å². The molecular weight excluding hydrogens is 586 g/mol. The number of carbonyl (C=O) groups excluding carboxylic acids is 4. The fourth-order valence-electron chi connectivity index (χ4n) is 5.42. The van der Waals surface area contributed by atoms with E-state index in [1.54, 1.807) is 31.1 Å². The van der Waals surface area contributed by atoms with Crippen LogP contribution in [-0.2, 0) is 23.9 Å². The number of piperidine rings is 1. The van der Waals surface area contributed by atoms with Crippen LogP contribution >= 0.6 is 0 Å². The molecule has 1 aromatic heterocycles. The van der Waals surface area contributed by atoms with Crippen molar-refractivity contribution in [3.8, 4) is 5.75 Å². The number of hydrogen-bond acceptors (Lipinski definition) is 9. The van der Waals surface area contributed by atoms with Gasteiger partial charge in [0, 0.05) is 64.3 Å². The molecule has 14 nitrogen and oxygen atoms in total. The monoisotopic (exact) mass is 627 g/mol. The van der Waals surface area contributed by atoms with Gasteiger partial charge in [-0.15, -0.1) is 0 Å². The third-order valence-corrected chi connectivity index (χ3v) is 8.01. The van der Waals surface area contributed by atoms with E-state index < -0.39 is 29.9 Å². The van der Waals surface area contributed by atoms with Crippen LogP contribution < -0.4 is 10.1 Å². The summed E-state index contributed by atoms with van der Waals surface area (Å²) in [6, 6.07) is 5.74. The molecule has 14 heteroatoms. The van der Waals surface area contributed by atoms with Crippen molar-refractivity contribution < 1.29 is 43.3 Å². The van der Waals surface area contributed by atoms with Crippen molar-refractivity contribution in [1.29, 1.82) is 0 Å². The summed E-state index contributed by atoms with van der Waals surface area (Å²) < 4.78 is 16.4. The summed E-state index contributed by atoms with van der Waals surface area (Å²) in [5, 5.41) is 12.6. The summed E-state index contributed by atoms with van der Waals surface area (Å²) in [6.45, 7) is 5.63. The Labute approximate surface area is 261 Å². The number of carboxylic acid groups (broad SMARTS) is 1. The Morgan fingerprint density at radius 3 is 2.33 bits per heavy atom. The number of ether oxygens (including phenoxy) is 3. The van der Waals surface area contributed by atoms with Crippen LogP contribution in [0.1, 0.15) is 48.7 Å². The lowest BCUT2D eigenvalue weighted by atomic mass is 10.1. The number of amides is 4. The number of aliphatic carboxylic acids is 1. The highest BCUT2D eigenvalue weighted by atomic mass is 16.6. The van der Waals surface area contributed by atoms with Gasteiger partial charge in [-0.3, -0.25) is 19.2 Å². The molecule has 0 aliphatic carbocycles. The maximum absolute atomic E-state index is 13.5. The predicted molar refractivity (Wildman–Crippen MR) is 162 cm³/mol. The van der Waals surface area contributed by atoms with Crippen LogP contribution in [-0.4, -0.2) is 126 Å². The van der Waals surface area contributed by atoms with Crippen LogP contribution in [0.2, 0.25) is 0 Å². The Kier molecular flexibility index (Phi) is 11.5. The second kappa shape index (κ2) is 15.5. The smallest absolute Gasteiger partial charge is 0.409 e. The molecule has 45 heavy (non-hydrogen) atoms. The van der Waals surface area contributed by atoms with Crippen molar-refractivity contribution in [2.75, 3.05) is 59.6 Å². The summed E-state index contributed by atoms with van der Waals surface area (Å²) in [4.78, 5) is 72.5. The largest absolute Gasteiger partial charge is 0.483 e. The van der Waals surface area contributed by atoms with Crippen LogP contribution in [0, 0.1) is 6.92 Å². The van der Waals surface area contributed by atoms with Crippen molar-refractivity contribution in [2.24, 2.45) is 0 Å². The first kappa shape index (κ1) is 33.4. The third-order valence-electron chi connectivity index (χ3n) is 8.01. The number of pyridine rings is 1.